The van der Waals surface area contributed by atoms with Gasteiger partial charge < -0.3 is 10.2 Å². The van der Waals surface area contributed by atoms with E-state index >= 15 is 0 Å². The van der Waals surface area contributed by atoms with Crippen LogP contribution >= 0.6 is 22.9 Å². The van der Waals surface area contributed by atoms with Gasteiger partial charge in [0.2, 0.25) is 5.91 Å². The minimum Gasteiger partial charge on any atom is -0.354 e. The van der Waals surface area contributed by atoms with Gasteiger partial charge in [0.15, 0.2) is 0 Å². The number of aromatic nitrogens is 1. The fraction of sp³-hybridized carbons (Fsp3) is 0.273. The molecule has 0 saturated carbocycles. The molecule has 246 valence electrons. The molecule has 2 aromatic heterocycles. The molecule has 0 spiro atoms. The molecule has 6 rings (SSSR count). The highest BCUT2D eigenvalue weighted by atomic mass is 35.5. The zero-order valence-electron chi connectivity index (χ0n) is 25.0. The number of hydrogen-bond donors (Lipinski definition) is 1. The van der Waals surface area contributed by atoms with Gasteiger partial charge in [-0.2, -0.15) is 17.5 Å². The zero-order valence-corrected chi connectivity index (χ0v) is 27.4. The summed E-state index contributed by atoms with van der Waals surface area (Å²) >= 11 is 6.88. The number of pyridine rings is 1. The highest BCUT2D eigenvalue weighted by Gasteiger charge is 2.37. The molecule has 1 saturated heterocycles. The fourth-order valence-electron chi connectivity index (χ4n) is 5.60. The number of carbonyl (C=O) groups is 1. The van der Waals surface area contributed by atoms with E-state index in [2.05, 4.69) is 27.2 Å². The molecule has 0 aliphatic carbocycles. The molecule has 1 N–H and O–H groups in total. The Bertz CT molecular complexity index is 1860. The van der Waals surface area contributed by atoms with Crippen molar-refractivity contribution < 1.29 is 26.4 Å². The third-order valence-corrected chi connectivity index (χ3v) is 11.6. The molecule has 14 heteroatoms. The number of anilines is 1. The summed E-state index contributed by atoms with van der Waals surface area (Å²) in [6.07, 6.45) is -1.29. The van der Waals surface area contributed by atoms with Crippen LogP contribution in [0.15, 0.2) is 95.2 Å². The molecule has 1 amide bonds. The molecule has 2 aromatic carbocycles. The highest BCUT2D eigenvalue weighted by molar-refractivity contribution is 7.91. The van der Waals surface area contributed by atoms with Crippen molar-refractivity contribution in [2.45, 2.75) is 29.5 Å². The van der Waals surface area contributed by atoms with Crippen LogP contribution in [0.5, 0.6) is 0 Å². The summed E-state index contributed by atoms with van der Waals surface area (Å²) < 4.78 is 67.7. The fourth-order valence-corrected chi connectivity index (χ4v) is 8.71. The molecule has 2 aliphatic rings. The second-order valence-electron chi connectivity index (χ2n) is 11.3. The van der Waals surface area contributed by atoms with Crippen LogP contribution < -0.4 is 10.2 Å². The van der Waals surface area contributed by atoms with E-state index in [0.717, 1.165) is 47.4 Å². The molecule has 0 radical (unpaired) electrons. The van der Waals surface area contributed by atoms with Gasteiger partial charge in [-0.05, 0) is 47.5 Å². The maximum absolute atomic E-state index is 13.3. The average molecular weight is 702 g/mol. The Labute approximate surface area is 280 Å². The lowest BCUT2D eigenvalue weighted by Gasteiger charge is -2.35. The SMILES string of the molecule is O=C(NCc1cc(-c2ccc(C(F)(F)F)cc2)nc(N2CCN(Cc3ccccc3)CC2)c1)C1C=CCN1S(=O)(=O)c1ccc(Cl)s1. The van der Waals surface area contributed by atoms with E-state index in [1.54, 1.807) is 18.2 Å². The molecule has 8 nitrogen and oxygen atoms in total. The van der Waals surface area contributed by atoms with E-state index in [4.69, 9.17) is 16.6 Å². The number of nitrogens with zero attached hydrogens (tertiary/aromatic N) is 4. The third kappa shape index (κ3) is 7.71. The summed E-state index contributed by atoms with van der Waals surface area (Å²) in [5, 5.41) is 2.85. The van der Waals surface area contributed by atoms with Gasteiger partial charge in [-0.25, -0.2) is 13.4 Å². The van der Waals surface area contributed by atoms with Gasteiger partial charge >= 0.3 is 6.18 Å². The zero-order chi connectivity index (χ0) is 33.2. The predicted octanol–water partition coefficient (Wildman–Crippen LogP) is 6.05. The minimum atomic E-state index is -4.46. The van der Waals surface area contributed by atoms with Crippen LogP contribution in [-0.2, 0) is 34.1 Å². The lowest BCUT2D eigenvalue weighted by molar-refractivity contribution is -0.137. The van der Waals surface area contributed by atoms with Crippen molar-refractivity contribution in [2.24, 2.45) is 0 Å². The Balaban J connectivity index is 1.20. The third-order valence-electron chi connectivity index (χ3n) is 8.09. The predicted molar refractivity (Wildman–Crippen MR) is 177 cm³/mol. The van der Waals surface area contributed by atoms with Crippen LogP contribution in [0.25, 0.3) is 11.3 Å². The van der Waals surface area contributed by atoms with Gasteiger partial charge in [0, 0.05) is 51.4 Å². The Kier molecular flexibility index (Phi) is 9.72. The van der Waals surface area contributed by atoms with Crippen molar-refractivity contribution in [3.8, 4) is 11.3 Å². The first kappa shape index (κ1) is 33.2. The van der Waals surface area contributed by atoms with Gasteiger partial charge in [-0.15, -0.1) is 11.3 Å². The molecule has 4 aromatic rings. The molecule has 1 unspecified atom stereocenters. The molecule has 2 aliphatic heterocycles. The smallest absolute Gasteiger partial charge is 0.354 e. The quantitative estimate of drug-likeness (QED) is 0.214. The molecular formula is C33H31ClF3N5O3S2. The lowest BCUT2D eigenvalue weighted by Crippen LogP contribution is -2.46. The van der Waals surface area contributed by atoms with Gasteiger partial charge in [-0.1, -0.05) is 66.2 Å². The maximum Gasteiger partial charge on any atom is 0.416 e. The number of amides is 1. The highest BCUT2D eigenvalue weighted by Crippen LogP contribution is 2.33. The van der Waals surface area contributed by atoms with Crippen LogP contribution in [0.4, 0.5) is 19.0 Å². The van der Waals surface area contributed by atoms with Crippen LogP contribution in [0, 0.1) is 0 Å². The first-order valence-electron chi connectivity index (χ1n) is 14.9. The van der Waals surface area contributed by atoms with Crippen molar-refractivity contribution in [1.82, 2.24) is 19.5 Å². The number of sulfonamides is 1. The van der Waals surface area contributed by atoms with Crippen molar-refractivity contribution in [3.05, 3.63) is 112 Å². The topological polar surface area (TPSA) is 85.8 Å². The van der Waals surface area contributed by atoms with E-state index in [1.807, 2.05) is 24.3 Å². The largest absolute Gasteiger partial charge is 0.416 e. The number of carbonyl (C=O) groups excluding carboxylic acids is 1. The summed E-state index contributed by atoms with van der Waals surface area (Å²) in [6, 6.07) is 20.5. The number of benzene rings is 2. The average Bonchev–Trinajstić information content (AvgIpc) is 3.75. The first-order valence-corrected chi connectivity index (χ1v) is 17.5. The molecular weight excluding hydrogens is 671 g/mol. The Morgan fingerprint density at radius 2 is 1.68 bits per heavy atom. The number of nitrogens with one attached hydrogen (secondary N) is 1. The van der Waals surface area contributed by atoms with Crippen LogP contribution in [0.1, 0.15) is 16.7 Å². The number of piperazine rings is 1. The summed E-state index contributed by atoms with van der Waals surface area (Å²) in [4.78, 5) is 22.6. The maximum atomic E-state index is 13.3. The molecule has 47 heavy (non-hydrogen) atoms. The van der Waals surface area contributed by atoms with Crippen molar-refractivity contribution in [1.29, 1.82) is 0 Å². The van der Waals surface area contributed by atoms with Crippen molar-refractivity contribution in [2.75, 3.05) is 37.6 Å². The summed E-state index contributed by atoms with van der Waals surface area (Å²) in [7, 11) is -3.95. The second-order valence-corrected chi connectivity index (χ2v) is 15.1. The van der Waals surface area contributed by atoms with Gasteiger partial charge in [0.1, 0.15) is 16.1 Å². The lowest BCUT2D eigenvalue weighted by atomic mass is 10.1. The number of thiophene rings is 1. The molecule has 1 atom stereocenters. The monoisotopic (exact) mass is 701 g/mol. The van der Waals surface area contributed by atoms with Crippen molar-refractivity contribution >= 4 is 44.7 Å². The summed E-state index contributed by atoms with van der Waals surface area (Å²) in [5.41, 5.74) is 2.11. The Morgan fingerprint density at radius 3 is 2.34 bits per heavy atom. The summed E-state index contributed by atoms with van der Waals surface area (Å²) in [6.45, 7) is 3.89. The van der Waals surface area contributed by atoms with Crippen LogP contribution in [0.2, 0.25) is 4.34 Å². The number of alkyl halides is 3. The Morgan fingerprint density at radius 1 is 0.957 bits per heavy atom. The van der Waals surface area contributed by atoms with E-state index in [-0.39, 0.29) is 17.3 Å². The van der Waals surface area contributed by atoms with E-state index in [0.29, 0.717) is 40.1 Å². The minimum absolute atomic E-state index is 0.0453. The van der Waals surface area contributed by atoms with E-state index in [1.165, 1.54) is 29.8 Å². The van der Waals surface area contributed by atoms with Crippen molar-refractivity contribution in [3.63, 3.8) is 0 Å². The number of rotatable bonds is 9. The number of halogens is 4. The van der Waals surface area contributed by atoms with Gasteiger partial charge in [-0.3, -0.25) is 9.69 Å². The number of hydrogen-bond acceptors (Lipinski definition) is 7. The van der Waals surface area contributed by atoms with E-state index < -0.39 is 33.7 Å². The summed E-state index contributed by atoms with van der Waals surface area (Å²) in [5.74, 6) is 0.138. The van der Waals surface area contributed by atoms with Crippen LogP contribution in [-0.4, -0.2) is 67.3 Å². The van der Waals surface area contributed by atoms with E-state index in [9.17, 15) is 26.4 Å². The Hall–Kier alpha value is -3.75. The first-order chi connectivity index (χ1) is 22.5. The van der Waals surface area contributed by atoms with Crippen LogP contribution in [0.3, 0.4) is 0 Å². The van der Waals surface area contributed by atoms with Gasteiger partial charge in [0.05, 0.1) is 15.6 Å². The van der Waals surface area contributed by atoms with Gasteiger partial charge in [0.25, 0.3) is 10.0 Å². The second kappa shape index (κ2) is 13.8. The molecule has 1 fully saturated rings. The standard InChI is InChI=1S/C33H31ClF3N5O3S2/c34-29-12-13-31(46-29)47(44,45)42-14-4-7-28(42)32(43)38-21-24-19-27(25-8-10-26(11-9-25)33(35,36)37)39-30(20-24)41-17-15-40(16-18-41)22-23-5-2-1-3-6-23/h1-13,19-20,28H,14-18,21-22H2,(H,38,43). The molecule has 4 heterocycles. The normalized spacial score (nSPS) is 17.7. The molecule has 0 bridgehead atoms.